The lowest BCUT2D eigenvalue weighted by Gasteiger charge is -2.33. The molecule has 4 aromatic rings. The molecule has 8 heteroatoms. The van der Waals surface area contributed by atoms with Gasteiger partial charge < -0.3 is 4.90 Å². The highest BCUT2D eigenvalue weighted by molar-refractivity contribution is 7.99. The van der Waals surface area contributed by atoms with Crippen molar-refractivity contribution in [2.45, 2.75) is 54.5 Å². The van der Waals surface area contributed by atoms with E-state index in [9.17, 15) is 10.5 Å². The zero-order chi connectivity index (χ0) is 24.5. The van der Waals surface area contributed by atoms with Gasteiger partial charge in [-0.15, -0.1) is 0 Å². The van der Waals surface area contributed by atoms with E-state index in [2.05, 4.69) is 53.9 Å². The highest BCUT2D eigenvalue weighted by atomic mass is 32.2. The lowest BCUT2D eigenvalue weighted by molar-refractivity contribution is 0.188. The summed E-state index contributed by atoms with van der Waals surface area (Å²) < 4.78 is 3.96. The Morgan fingerprint density at radius 3 is 2.43 bits per heavy atom. The van der Waals surface area contributed by atoms with Gasteiger partial charge >= 0.3 is 0 Å². The predicted octanol–water partition coefficient (Wildman–Crippen LogP) is 5.45. The van der Waals surface area contributed by atoms with E-state index in [0.29, 0.717) is 23.2 Å². The molecule has 35 heavy (non-hydrogen) atoms. The van der Waals surface area contributed by atoms with E-state index in [-0.39, 0.29) is 0 Å². The minimum absolute atomic E-state index is 0.412. The van der Waals surface area contributed by atoms with Crippen molar-refractivity contribution >= 4 is 17.3 Å². The van der Waals surface area contributed by atoms with Gasteiger partial charge in [-0.05, 0) is 64.9 Å². The fraction of sp³-hybridized carbons (Fsp3) is 0.333. The van der Waals surface area contributed by atoms with E-state index in [1.54, 1.807) is 10.7 Å². The summed E-state index contributed by atoms with van der Waals surface area (Å²) in [6.45, 7) is 2.13. The van der Waals surface area contributed by atoms with Gasteiger partial charge in [-0.3, -0.25) is 4.68 Å². The van der Waals surface area contributed by atoms with Crippen LogP contribution < -0.4 is 0 Å². The fourth-order valence-corrected chi connectivity index (χ4v) is 6.15. The second-order valence-corrected chi connectivity index (χ2v) is 10.4. The third kappa shape index (κ3) is 4.32. The normalized spacial score (nSPS) is 18.0. The third-order valence-corrected chi connectivity index (χ3v) is 8.13. The van der Waals surface area contributed by atoms with Crippen molar-refractivity contribution in [2.75, 3.05) is 14.1 Å². The molecule has 0 bridgehead atoms. The second kappa shape index (κ2) is 9.58. The van der Waals surface area contributed by atoms with Gasteiger partial charge in [0.1, 0.15) is 12.1 Å². The molecule has 7 nitrogen and oxygen atoms in total. The Morgan fingerprint density at radius 2 is 1.71 bits per heavy atom. The molecule has 176 valence electrons. The summed E-state index contributed by atoms with van der Waals surface area (Å²) in [5.74, 6) is 0. The first kappa shape index (κ1) is 23.2. The van der Waals surface area contributed by atoms with Gasteiger partial charge in [0.15, 0.2) is 0 Å². The molecule has 3 heterocycles. The summed E-state index contributed by atoms with van der Waals surface area (Å²) in [6, 6.07) is 15.2. The Morgan fingerprint density at radius 1 is 0.971 bits per heavy atom. The highest BCUT2D eigenvalue weighted by Gasteiger charge is 2.26. The smallest absolute Gasteiger partial charge is 0.103 e. The van der Waals surface area contributed by atoms with Gasteiger partial charge in [-0.25, -0.2) is 4.52 Å². The van der Waals surface area contributed by atoms with E-state index in [1.807, 2.05) is 36.7 Å². The van der Waals surface area contributed by atoms with Crippen LogP contribution in [0.25, 0.3) is 16.6 Å². The van der Waals surface area contributed by atoms with Crippen molar-refractivity contribution in [1.29, 1.82) is 10.5 Å². The molecule has 0 atom stereocenters. The van der Waals surface area contributed by atoms with Crippen LogP contribution in [0, 0.1) is 29.6 Å². The molecule has 0 radical (unpaired) electrons. The average Bonchev–Trinajstić information content (AvgIpc) is 3.47. The Balaban J connectivity index is 1.54. The molecule has 0 unspecified atom stereocenters. The van der Waals surface area contributed by atoms with E-state index in [4.69, 9.17) is 5.10 Å². The Bertz CT molecular complexity index is 1460. The third-order valence-electron chi connectivity index (χ3n) is 7.02. The highest BCUT2D eigenvalue weighted by Crippen LogP contribution is 2.38. The minimum Gasteiger partial charge on any atom is -0.306 e. The van der Waals surface area contributed by atoms with Crippen molar-refractivity contribution in [1.82, 2.24) is 24.3 Å². The molecule has 0 N–H and O–H groups in total. The van der Waals surface area contributed by atoms with Crippen LogP contribution in [0.15, 0.2) is 58.7 Å². The molecular formula is C27H27N7S. The molecule has 1 aromatic carbocycles. The number of pyridine rings is 1. The average molecular weight is 482 g/mol. The largest absolute Gasteiger partial charge is 0.306 e. The number of hydrogen-bond acceptors (Lipinski definition) is 6. The van der Waals surface area contributed by atoms with Crippen LogP contribution in [0.1, 0.15) is 48.5 Å². The van der Waals surface area contributed by atoms with E-state index in [1.165, 1.54) is 24.6 Å². The van der Waals surface area contributed by atoms with Gasteiger partial charge in [-0.2, -0.15) is 20.7 Å². The van der Waals surface area contributed by atoms with Crippen LogP contribution in [0.3, 0.4) is 0 Å². The van der Waals surface area contributed by atoms with Crippen LogP contribution in [-0.2, 0) is 0 Å². The standard InChI is InChI=1S/C27H27N7S/c1-18-24(16-31-34(18)23-10-8-22(9-11-23)32(2)3)20-12-26(27-21(14-29)15-30-33(27)17-20)35-25-7-5-4-6-19(25)13-28/h4-7,12,15-17,22-23H,8-11H2,1-3H3. The number of fused-ring (bicyclic) bond motifs is 1. The molecule has 1 aliphatic carbocycles. The lowest BCUT2D eigenvalue weighted by Crippen LogP contribution is -2.33. The summed E-state index contributed by atoms with van der Waals surface area (Å²) in [6.07, 6.45) is 10.1. The van der Waals surface area contributed by atoms with E-state index >= 15 is 0 Å². The summed E-state index contributed by atoms with van der Waals surface area (Å²) in [7, 11) is 4.33. The first-order valence-electron chi connectivity index (χ1n) is 11.8. The van der Waals surface area contributed by atoms with Gasteiger partial charge in [0.25, 0.3) is 0 Å². The number of rotatable bonds is 5. The van der Waals surface area contributed by atoms with Crippen molar-refractivity contribution in [3.8, 4) is 23.3 Å². The number of nitrogens with zero attached hydrogens (tertiary/aromatic N) is 7. The molecule has 5 rings (SSSR count). The number of benzene rings is 1. The number of nitriles is 2. The number of aromatic nitrogens is 4. The Kier molecular flexibility index (Phi) is 6.34. The lowest BCUT2D eigenvalue weighted by atomic mass is 9.90. The Hall–Kier alpha value is -3.59. The van der Waals surface area contributed by atoms with Gasteiger partial charge in [0, 0.05) is 38.9 Å². The SMILES string of the molecule is Cc1c(-c2cc(Sc3ccccc3C#N)c3c(C#N)cnn3c2)cnn1C1CCC(N(C)C)CC1. The van der Waals surface area contributed by atoms with Crippen LogP contribution in [0.4, 0.5) is 0 Å². The summed E-state index contributed by atoms with van der Waals surface area (Å²) in [4.78, 5) is 4.07. The maximum Gasteiger partial charge on any atom is 0.103 e. The van der Waals surface area contributed by atoms with E-state index < -0.39 is 0 Å². The molecule has 1 aliphatic rings. The monoisotopic (exact) mass is 481 g/mol. The van der Waals surface area contributed by atoms with Crippen LogP contribution in [-0.4, -0.2) is 44.4 Å². The van der Waals surface area contributed by atoms with Gasteiger partial charge in [0.2, 0.25) is 0 Å². The van der Waals surface area contributed by atoms with Gasteiger partial charge in [-0.1, -0.05) is 23.9 Å². The molecule has 1 saturated carbocycles. The maximum atomic E-state index is 9.67. The quantitative estimate of drug-likeness (QED) is 0.377. The molecular weight excluding hydrogens is 454 g/mol. The van der Waals surface area contributed by atoms with Crippen molar-refractivity contribution in [3.63, 3.8) is 0 Å². The van der Waals surface area contributed by atoms with E-state index in [0.717, 1.165) is 45.0 Å². The molecule has 0 saturated heterocycles. The molecule has 3 aromatic heterocycles. The van der Waals surface area contributed by atoms with Crippen LogP contribution in [0.5, 0.6) is 0 Å². The molecule has 0 amide bonds. The van der Waals surface area contributed by atoms with Crippen LogP contribution >= 0.6 is 11.8 Å². The van der Waals surface area contributed by atoms with Gasteiger partial charge in [0.05, 0.1) is 35.1 Å². The van der Waals surface area contributed by atoms with Crippen molar-refractivity contribution in [3.05, 3.63) is 65.7 Å². The van der Waals surface area contributed by atoms with Crippen LogP contribution in [0.2, 0.25) is 0 Å². The van der Waals surface area contributed by atoms with Crippen molar-refractivity contribution < 1.29 is 0 Å². The second-order valence-electron chi connectivity index (χ2n) is 9.28. The fourth-order valence-electron chi connectivity index (χ4n) is 5.05. The van der Waals surface area contributed by atoms with Crippen molar-refractivity contribution in [2.24, 2.45) is 0 Å². The minimum atomic E-state index is 0.412. The zero-order valence-electron chi connectivity index (χ0n) is 20.1. The molecule has 1 fully saturated rings. The number of hydrogen-bond donors (Lipinski definition) is 0. The zero-order valence-corrected chi connectivity index (χ0v) is 21.0. The summed E-state index contributed by atoms with van der Waals surface area (Å²) >= 11 is 1.49. The Labute approximate surface area is 209 Å². The predicted molar refractivity (Wildman–Crippen MR) is 136 cm³/mol. The topological polar surface area (TPSA) is 85.9 Å². The first-order chi connectivity index (χ1) is 17.0. The molecule has 0 aliphatic heterocycles. The maximum absolute atomic E-state index is 9.67. The first-order valence-corrected chi connectivity index (χ1v) is 12.6. The molecule has 0 spiro atoms. The summed E-state index contributed by atoms with van der Waals surface area (Å²) in [5.41, 5.74) is 5.06. The summed E-state index contributed by atoms with van der Waals surface area (Å²) in [5, 5.41) is 28.5.